The second-order valence-corrected chi connectivity index (χ2v) is 9.63. The van der Waals surface area contributed by atoms with Crippen LogP contribution in [0.15, 0.2) is 41.2 Å². The summed E-state index contributed by atoms with van der Waals surface area (Å²) in [6, 6.07) is 11.6. The minimum absolute atomic E-state index is 0.0415. The summed E-state index contributed by atoms with van der Waals surface area (Å²) in [6.45, 7) is 6.41. The minimum atomic E-state index is -0.0415. The number of fused-ring (bicyclic) bond motifs is 4. The summed E-state index contributed by atoms with van der Waals surface area (Å²) in [7, 11) is 0. The van der Waals surface area contributed by atoms with Gasteiger partial charge in [0, 0.05) is 43.0 Å². The maximum Gasteiger partial charge on any atom is 0.250 e. The molecule has 2 aromatic rings. The van der Waals surface area contributed by atoms with Gasteiger partial charge in [-0.2, -0.15) is 0 Å². The lowest BCUT2D eigenvalue weighted by Gasteiger charge is -2.43. The van der Waals surface area contributed by atoms with E-state index in [-0.39, 0.29) is 11.5 Å². The van der Waals surface area contributed by atoms with Crippen molar-refractivity contribution in [2.45, 2.75) is 32.7 Å². The zero-order chi connectivity index (χ0) is 20.5. The van der Waals surface area contributed by atoms with Crippen molar-refractivity contribution in [3.8, 4) is 0 Å². The van der Waals surface area contributed by atoms with Crippen molar-refractivity contribution in [2.75, 3.05) is 24.2 Å². The van der Waals surface area contributed by atoms with Crippen LogP contribution in [0.2, 0.25) is 0 Å². The number of hydrogen-bond acceptors (Lipinski definition) is 4. The summed E-state index contributed by atoms with van der Waals surface area (Å²) in [5, 5.41) is 2.99. The van der Waals surface area contributed by atoms with Crippen LogP contribution in [-0.4, -0.2) is 38.5 Å². The summed E-state index contributed by atoms with van der Waals surface area (Å²) in [4.78, 5) is 26.8. The molecule has 5 nitrogen and oxygen atoms in total. The van der Waals surface area contributed by atoms with Crippen molar-refractivity contribution >= 4 is 39.9 Å². The van der Waals surface area contributed by atoms with Crippen LogP contribution in [-0.2, 0) is 11.3 Å². The molecule has 1 N–H and O–H groups in total. The van der Waals surface area contributed by atoms with Gasteiger partial charge < -0.3 is 14.8 Å². The largest absolute Gasteiger partial charge is 0.356 e. The molecule has 0 spiro atoms. The van der Waals surface area contributed by atoms with Crippen LogP contribution >= 0.6 is 24.0 Å². The predicted octanol–water partition coefficient (Wildman–Crippen LogP) is 3.54. The molecule has 1 aromatic carbocycles. The van der Waals surface area contributed by atoms with Gasteiger partial charge in [-0.1, -0.05) is 42.2 Å². The average molecular weight is 428 g/mol. The molecule has 2 atom stereocenters. The van der Waals surface area contributed by atoms with E-state index >= 15 is 0 Å². The molecule has 3 heterocycles. The summed E-state index contributed by atoms with van der Waals surface area (Å²) in [6.07, 6.45) is 1.10. The first-order valence-corrected chi connectivity index (χ1v) is 11.3. The molecule has 1 aromatic heterocycles. The molecule has 152 valence electrons. The predicted molar refractivity (Wildman–Crippen MR) is 123 cm³/mol. The molecular formula is C22H25N3O2S2. The fourth-order valence-electron chi connectivity index (χ4n) is 4.32. The summed E-state index contributed by atoms with van der Waals surface area (Å²) in [5.41, 5.74) is 4.23. The minimum Gasteiger partial charge on any atom is -0.356 e. The summed E-state index contributed by atoms with van der Waals surface area (Å²) in [5.74, 6) is 0.996. The first-order chi connectivity index (χ1) is 13.9. The van der Waals surface area contributed by atoms with Crippen molar-refractivity contribution in [3.63, 3.8) is 0 Å². The Bertz CT molecular complexity index is 1020. The SMILES string of the molecule is Cc1ccc(C)c(NC(=O)CSC(=S)N2C[C@H]3C[C@@H](C2)c2cccc(=O)n2C3)c1. The Balaban J connectivity index is 1.36. The molecule has 2 aliphatic heterocycles. The number of nitrogens with zero attached hydrogens (tertiary/aromatic N) is 2. The number of pyridine rings is 1. The molecule has 0 unspecified atom stereocenters. The number of rotatable bonds is 3. The highest BCUT2D eigenvalue weighted by Gasteiger charge is 2.35. The van der Waals surface area contributed by atoms with Gasteiger partial charge in [0.15, 0.2) is 0 Å². The number of carbonyl (C=O) groups excluding carboxylic acids is 1. The Labute approximate surface area is 180 Å². The van der Waals surface area contributed by atoms with Crippen molar-refractivity contribution < 1.29 is 4.79 Å². The van der Waals surface area contributed by atoms with E-state index in [2.05, 4.69) is 16.3 Å². The van der Waals surface area contributed by atoms with Crippen molar-refractivity contribution in [2.24, 2.45) is 5.92 Å². The third kappa shape index (κ3) is 4.41. The van der Waals surface area contributed by atoms with Crippen LogP contribution in [0.5, 0.6) is 0 Å². The normalized spacial score (nSPS) is 20.1. The van der Waals surface area contributed by atoms with E-state index in [1.54, 1.807) is 6.07 Å². The summed E-state index contributed by atoms with van der Waals surface area (Å²) < 4.78 is 2.69. The Morgan fingerprint density at radius 3 is 2.86 bits per heavy atom. The lowest BCUT2D eigenvalue weighted by molar-refractivity contribution is -0.113. The van der Waals surface area contributed by atoms with E-state index in [0.29, 0.717) is 17.6 Å². The molecule has 4 rings (SSSR count). The van der Waals surface area contributed by atoms with Crippen LogP contribution in [0.25, 0.3) is 0 Å². The zero-order valence-corrected chi connectivity index (χ0v) is 18.3. The van der Waals surface area contributed by atoms with Crippen LogP contribution in [0.1, 0.15) is 29.2 Å². The van der Waals surface area contributed by atoms with Gasteiger partial charge in [0.05, 0.1) is 5.75 Å². The van der Waals surface area contributed by atoms with E-state index in [0.717, 1.165) is 52.9 Å². The fraction of sp³-hybridized carbons (Fsp3) is 0.409. The van der Waals surface area contributed by atoms with Crippen LogP contribution < -0.4 is 10.9 Å². The molecule has 29 heavy (non-hydrogen) atoms. The molecule has 2 bridgehead atoms. The monoisotopic (exact) mass is 427 g/mol. The fourth-order valence-corrected chi connectivity index (χ4v) is 5.31. The smallest absolute Gasteiger partial charge is 0.250 e. The molecule has 0 radical (unpaired) electrons. The number of aromatic nitrogens is 1. The third-order valence-corrected chi connectivity index (χ3v) is 7.26. The third-order valence-electron chi connectivity index (χ3n) is 5.73. The molecular weight excluding hydrogens is 402 g/mol. The number of aryl methyl sites for hydroxylation is 2. The van der Waals surface area contributed by atoms with Crippen LogP contribution in [0.3, 0.4) is 0 Å². The van der Waals surface area contributed by atoms with E-state index in [9.17, 15) is 9.59 Å². The first kappa shape index (κ1) is 20.2. The number of carbonyl (C=O) groups is 1. The van der Waals surface area contributed by atoms with Gasteiger partial charge in [-0.15, -0.1) is 0 Å². The van der Waals surface area contributed by atoms with E-state index < -0.39 is 0 Å². The lowest BCUT2D eigenvalue weighted by Crippen LogP contribution is -2.48. The molecule has 1 amide bonds. The Kier molecular flexibility index (Phi) is 5.79. The van der Waals surface area contributed by atoms with E-state index in [1.807, 2.05) is 42.7 Å². The van der Waals surface area contributed by atoms with Crippen molar-refractivity contribution in [1.29, 1.82) is 0 Å². The number of benzene rings is 1. The zero-order valence-electron chi connectivity index (χ0n) is 16.7. The van der Waals surface area contributed by atoms with Crippen LogP contribution in [0, 0.1) is 19.8 Å². The van der Waals surface area contributed by atoms with Gasteiger partial charge in [0.25, 0.3) is 5.56 Å². The molecule has 1 saturated heterocycles. The highest BCUT2D eigenvalue weighted by Crippen LogP contribution is 2.36. The second-order valence-electron chi connectivity index (χ2n) is 8.02. The standard InChI is InChI=1S/C22H25N3O2S2/c1-14-6-7-15(2)18(8-14)23-20(26)13-29-22(28)24-10-16-9-17(12-24)19-4-3-5-21(27)25(19)11-16/h3-8,16-17H,9-13H2,1-2H3,(H,23,26)/t16-,17+/m1/s1. The second kappa shape index (κ2) is 8.32. The maximum absolute atomic E-state index is 12.4. The Morgan fingerprint density at radius 1 is 1.21 bits per heavy atom. The quantitative estimate of drug-likeness (QED) is 0.760. The van der Waals surface area contributed by atoms with Crippen molar-refractivity contribution in [1.82, 2.24) is 9.47 Å². The Hall–Kier alpha value is -2.12. The van der Waals surface area contributed by atoms with Gasteiger partial charge in [-0.25, -0.2) is 0 Å². The lowest BCUT2D eigenvalue weighted by atomic mass is 9.83. The number of hydrogen-bond donors (Lipinski definition) is 1. The molecule has 0 saturated carbocycles. The van der Waals surface area contributed by atoms with Crippen LogP contribution in [0.4, 0.5) is 5.69 Å². The Morgan fingerprint density at radius 2 is 2.03 bits per heavy atom. The van der Waals surface area contributed by atoms with Gasteiger partial charge in [-0.05, 0) is 49.4 Å². The van der Waals surface area contributed by atoms with E-state index in [4.69, 9.17) is 12.2 Å². The highest BCUT2D eigenvalue weighted by molar-refractivity contribution is 8.23. The maximum atomic E-state index is 12.4. The number of amides is 1. The highest BCUT2D eigenvalue weighted by atomic mass is 32.2. The number of nitrogens with one attached hydrogen (secondary N) is 1. The van der Waals surface area contributed by atoms with Gasteiger partial charge in [-0.3, -0.25) is 9.59 Å². The number of piperidine rings is 1. The number of likely N-dealkylation sites (tertiary alicyclic amines) is 1. The molecule has 0 aliphatic carbocycles. The number of anilines is 1. The van der Waals surface area contributed by atoms with Gasteiger partial charge in [0.1, 0.15) is 4.32 Å². The van der Waals surface area contributed by atoms with E-state index in [1.165, 1.54) is 11.8 Å². The summed E-state index contributed by atoms with van der Waals surface area (Å²) >= 11 is 7.07. The van der Waals surface area contributed by atoms with Gasteiger partial charge >= 0.3 is 0 Å². The van der Waals surface area contributed by atoms with Crippen molar-refractivity contribution in [3.05, 3.63) is 63.6 Å². The number of thioether (sulfide) groups is 1. The first-order valence-electron chi connectivity index (χ1n) is 9.89. The molecule has 2 aliphatic rings. The molecule has 7 heteroatoms. The molecule has 1 fully saturated rings. The number of thiocarbonyl (C=S) groups is 1. The topological polar surface area (TPSA) is 54.3 Å². The van der Waals surface area contributed by atoms with Gasteiger partial charge in [0.2, 0.25) is 5.91 Å². The average Bonchev–Trinajstić information content (AvgIpc) is 2.69.